The fraction of sp³-hybridized carbons (Fsp3) is 0.556. The lowest BCUT2D eigenvalue weighted by Gasteiger charge is -2.17. The molecule has 4 heteroatoms. The van der Waals surface area contributed by atoms with Crippen LogP contribution in [0, 0.1) is 0 Å². The van der Waals surface area contributed by atoms with Crippen molar-refractivity contribution in [3.8, 4) is 0 Å². The van der Waals surface area contributed by atoms with Gasteiger partial charge in [-0.25, -0.2) is 0 Å². The van der Waals surface area contributed by atoms with E-state index in [9.17, 15) is 9.59 Å². The van der Waals surface area contributed by atoms with E-state index in [1.54, 1.807) is 6.08 Å². The topological polar surface area (TPSA) is 46.6 Å². The van der Waals surface area contributed by atoms with Crippen LogP contribution in [-0.2, 0) is 14.3 Å². The average molecular weight is 183 g/mol. The number of carbonyl (C=O) groups excluding carboxylic acids is 2. The van der Waals surface area contributed by atoms with Crippen LogP contribution in [0.4, 0.5) is 0 Å². The summed E-state index contributed by atoms with van der Waals surface area (Å²) in [5.41, 5.74) is 0. The molecule has 0 aromatic carbocycles. The zero-order valence-electron chi connectivity index (χ0n) is 7.44. The molecule has 0 N–H and O–H groups in total. The first-order valence-electron chi connectivity index (χ1n) is 4.27. The Kier molecular flexibility index (Phi) is 3.64. The molecule has 1 aliphatic heterocycles. The molecule has 0 bridgehead atoms. The third-order valence-electron chi connectivity index (χ3n) is 1.93. The van der Waals surface area contributed by atoms with E-state index in [0.29, 0.717) is 32.3 Å². The first-order valence-corrected chi connectivity index (χ1v) is 4.27. The minimum Gasteiger partial charge on any atom is -0.349 e. The molecular weight excluding hydrogens is 170 g/mol. The Hall–Kier alpha value is -1.16. The van der Waals surface area contributed by atoms with E-state index in [-0.39, 0.29) is 5.91 Å². The van der Waals surface area contributed by atoms with Crippen molar-refractivity contribution in [1.29, 1.82) is 0 Å². The first-order chi connectivity index (χ1) is 6.29. The minimum atomic E-state index is -0.669. The number of hydrogen-bond donors (Lipinski definition) is 0. The summed E-state index contributed by atoms with van der Waals surface area (Å²) in [6, 6.07) is 0. The van der Waals surface area contributed by atoms with Crippen LogP contribution >= 0.6 is 0 Å². The highest BCUT2D eigenvalue weighted by molar-refractivity contribution is 5.79. The molecule has 1 saturated heterocycles. The second kappa shape index (κ2) is 4.77. The van der Waals surface area contributed by atoms with Crippen LogP contribution in [0.3, 0.4) is 0 Å². The Morgan fingerprint density at radius 3 is 3.08 bits per heavy atom. The fourth-order valence-corrected chi connectivity index (χ4v) is 1.24. The lowest BCUT2D eigenvalue weighted by Crippen LogP contribution is -2.36. The Balaban J connectivity index is 2.44. The number of rotatable bonds is 4. The van der Waals surface area contributed by atoms with Crippen LogP contribution in [0.15, 0.2) is 12.7 Å². The van der Waals surface area contributed by atoms with Gasteiger partial charge in [0, 0.05) is 13.0 Å². The largest absolute Gasteiger partial charge is 0.349 e. The quantitative estimate of drug-likeness (QED) is 0.466. The third kappa shape index (κ3) is 2.39. The molecule has 0 saturated carbocycles. The summed E-state index contributed by atoms with van der Waals surface area (Å²) in [7, 11) is 0. The van der Waals surface area contributed by atoms with Crippen molar-refractivity contribution in [2.75, 3.05) is 13.2 Å². The molecule has 1 atom stereocenters. The van der Waals surface area contributed by atoms with E-state index >= 15 is 0 Å². The summed E-state index contributed by atoms with van der Waals surface area (Å²) >= 11 is 0. The molecule has 1 aliphatic rings. The van der Waals surface area contributed by atoms with Crippen molar-refractivity contribution >= 4 is 12.2 Å². The lowest BCUT2D eigenvalue weighted by molar-refractivity contribution is -0.140. The van der Waals surface area contributed by atoms with Gasteiger partial charge >= 0.3 is 0 Å². The van der Waals surface area contributed by atoms with Gasteiger partial charge in [0.2, 0.25) is 5.91 Å². The van der Waals surface area contributed by atoms with Gasteiger partial charge in [-0.3, -0.25) is 9.59 Å². The van der Waals surface area contributed by atoms with Crippen molar-refractivity contribution in [2.45, 2.75) is 19.1 Å². The summed E-state index contributed by atoms with van der Waals surface area (Å²) in [5, 5.41) is 0. The summed E-state index contributed by atoms with van der Waals surface area (Å²) in [6.45, 7) is 4.49. The summed E-state index contributed by atoms with van der Waals surface area (Å²) in [6.07, 6.45) is 2.71. The molecule has 1 fully saturated rings. The Morgan fingerprint density at radius 2 is 2.46 bits per heavy atom. The maximum atomic E-state index is 11.4. The zero-order valence-corrected chi connectivity index (χ0v) is 7.44. The van der Waals surface area contributed by atoms with Gasteiger partial charge in [-0.1, -0.05) is 6.08 Å². The zero-order chi connectivity index (χ0) is 9.68. The Labute approximate surface area is 77.2 Å². The predicted molar refractivity (Wildman–Crippen MR) is 46.9 cm³/mol. The summed E-state index contributed by atoms with van der Waals surface area (Å²) < 4.78 is 5.03. The van der Waals surface area contributed by atoms with E-state index in [1.165, 1.54) is 4.90 Å². The van der Waals surface area contributed by atoms with Gasteiger partial charge < -0.3 is 9.64 Å². The van der Waals surface area contributed by atoms with Crippen molar-refractivity contribution in [1.82, 2.24) is 4.90 Å². The maximum absolute atomic E-state index is 11.4. The molecule has 1 unspecified atom stereocenters. The van der Waals surface area contributed by atoms with Crippen molar-refractivity contribution in [3.05, 3.63) is 12.7 Å². The molecule has 1 amide bonds. The standard InChI is InChI=1S/C9H13NO3/c1-2-3-4-8(12)10-5-6-13-9(10)7-11/h2,7,9H,1,3-6H2. The molecule has 0 radical (unpaired) electrons. The van der Waals surface area contributed by atoms with E-state index in [0.717, 1.165) is 0 Å². The van der Waals surface area contributed by atoms with E-state index in [4.69, 9.17) is 4.74 Å². The summed E-state index contributed by atoms with van der Waals surface area (Å²) in [4.78, 5) is 23.3. The highest BCUT2D eigenvalue weighted by atomic mass is 16.5. The van der Waals surface area contributed by atoms with Crippen LogP contribution < -0.4 is 0 Å². The average Bonchev–Trinajstić information content (AvgIpc) is 2.61. The third-order valence-corrected chi connectivity index (χ3v) is 1.93. The molecule has 0 aromatic heterocycles. The summed E-state index contributed by atoms with van der Waals surface area (Å²) in [5.74, 6) is -0.0468. The van der Waals surface area contributed by atoms with Crippen LogP contribution in [0.25, 0.3) is 0 Å². The van der Waals surface area contributed by atoms with Crippen LogP contribution in [0.1, 0.15) is 12.8 Å². The van der Waals surface area contributed by atoms with Gasteiger partial charge in [0.05, 0.1) is 6.61 Å². The SMILES string of the molecule is C=CCCC(=O)N1CCOC1C=O. The Bertz CT molecular complexity index is 215. The number of allylic oxidation sites excluding steroid dienone is 1. The molecule has 1 heterocycles. The van der Waals surface area contributed by atoms with E-state index < -0.39 is 6.23 Å². The van der Waals surface area contributed by atoms with Crippen LogP contribution in [0.5, 0.6) is 0 Å². The predicted octanol–water partition coefficient (Wildman–Crippen LogP) is 0.336. The monoisotopic (exact) mass is 183 g/mol. The van der Waals surface area contributed by atoms with Crippen LogP contribution in [0.2, 0.25) is 0 Å². The van der Waals surface area contributed by atoms with Crippen molar-refractivity contribution in [3.63, 3.8) is 0 Å². The molecule has 13 heavy (non-hydrogen) atoms. The van der Waals surface area contributed by atoms with Gasteiger partial charge in [0.25, 0.3) is 0 Å². The van der Waals surface area contributed by atoms with Gasteiger partial charge in [0.15, 0.2) is 12.5 Å². The molecule has 1 rings (SSSR count). The van der Waals surface area contributed by atoms with Gasteiger partial charge in [-0.2, -0.15) is 0 Å². The first kappa shape index (κ1) is 9.92. The number of amides is 1. The smallest absolute Gasteiger partial charge is 0.225 e. The number of hydrogen-bond acceptors (Lipinski definition) is 3. The fourth-order valence-electron chi connectivity index (χ4n) is 1.24. The highest BCUT2D eigenvalue weighted by Crippen LogP contribution is 2.10. The van der Waals surface area contributed by atoms with E-state index in [2.05, 4.69) is 6.58 Å². The van der Waals surface area contributed by atoms with Gasteiger partial charge in [0.1, 0.15) is 0 Å². The van der Waals surface area contributed by atoms with Crippen LogP contribution in [-0.4, -0.2) is 36.5 Å². The number of nitrogens with zero attached hydrogens (tertiary/aromatic N) is 1. The molecular formula is C9H13NO3. The normalized spacial score (nSPS) is 21.5. The van der Waals surface area contributed by atoms with Gasteiger partial charge in [-0.05, 0) is 6.42 Å². The number of ether oxygens (including phenoxy) is 1. The molecule has 0 spiro atoms. The maximum Gasteiger partial charge on any atom is 0.225 e. The molecule has 0 aromatic rings. The second-order valence-electron chi connectivity index (χ2n) is 2.81. The highest BCUT2D eigenvalue weighted by Gasteiger charge is 2.28. The van der Waals surface area contributed by atoms with Crippen molar-refractivity contribution < 1.29 is 14.3 Å². The number of aldehydes is 1. The Morgan fingerprint density at radius 1 is 1.69 bits per heavy atom. The number of carbonyl (C=O) groups is 2. The second-order valence-corrected chi connectivity index (χ2v) is 2.81. The molecule has 72 valence electrons. The molecule has 4 nitrogen and oxygen atoms in total. The van der Waals surface area contributed by atoms with Crippen molar-refractivity contribution in [2.24, 2.45) is 0 Å². The lowest BCUT2D eigenvalue weighted by atomic mass is 10.2. The van der Waals surface area contributed by atoms with Gasteiger partial charge in [-0.15, -0.1) is 6.58 Å². The van der Waals surface area contributed by atoms with E-state index in [1.807, 2.05) is 0 Å². The molecule has 0 aliphatic carbocycles. The minimum absolute atomic E-state index is 0.0468.